The van der Waals surface area contributed by atoms with Crippen LogP contribution >= 0.6 is 0 Å². The number of esters is 1. The quantitative estimate of drug-likeness (QED) is 0.378. The van der Waals surface area contributed by atoms with E-state index in [1.54, 1.807) is 0 Å². The summed E-state index contributed by atoms with van der Waals surface area (Å²) in [4.78, 5) is 11.1. The van der Waals surface area contributed by atoms with Crippen molar-refractivity contribution in [3.05, 3.63) is 0 Å². The zero-order valence-electron chi connectivity index (χ0n) is 8.35. The van der Waals surface area contributed by atoms with Crippen LogP contribution in [0.3, 0.4) is 0 Å². The van der Waals surface area contributed by atoms with E-state index in [0.717, 1.165) is 12.8 Å². The van der Waals surface area contributed by atoms with Gasteiger partial charge in [-0.05, 0) is 6.42 Å². The topological polar surface area (TPSA) is 87.0 Å². The molecule has 0 heterocycles. The van der Waals surface area contributed by atoms with Crippen molar-refractivity contribution in [2.24, 2.45) is 5.92 Å². The van der Waals surface area contributed by atoms with Crippen molar-refractivity contribution in [1.29, 1.82) is 0 Å². The summed E-state index contributed by atoms with van der Waals surface area (Å²) in [5, 5.41) is 26.7. The van der Waals surface area contributed by atoms with Crippen LogP contribution in [0.25, 0.3) is 0 Å². The fraction of sp³-hybridized carbons (Fsp3) is 0.889. The third-order valence-electron chi connectivity index (χ3n) is 1.90. The summed E-state index contributed by atoms with van der Waals surface area (Å²) in [5.74, 6) is -1.64. The first kappa shape index (κ1) is 13.4. The molecule has 0 bridgehead atoms. The van der Waals surface area contributed by atoms with E-state index < -0.39 is 31.2 Å². The molecule has 0 aromatic heterocycles. The number of hydrogen-bond acceptors (Lipinski definition) is 5. The molecule has 5 heteroatoms. The van der Waals surface area contributed by atoms with Crippen LogP contribution in [0.1, 0.15) is 19.8 Å². The second-order valence-electron chi connectivity index (χ2n) is 3.09. The van der Waals surface area contributed by atoms with Gasteiger partial charge < -0.3 is 20.1 Å². The summed E-state index contributed by atoms with van der Waals surface area (Å²) in [6.07, 6.45) is 0.190. The molecule has 1 unspecified atom stereocenters. The average Bonchev–Trinajstić information content (AvgIpc) is 2.19. The van der Waals surface area contributed by atoms with E-state index in [1.807, 2.05) is 6.92 Å². The molecular weight excluding hydrogens is 188 g/mol. The summed E-state index contributed by atoms with van der Waals surface area (Å²) in [6.45, 7) is 1.32. The molecule has 5 nitrogen and oxygen atoms in total. The van der Waals surface area contributed by atoms with E-state index in [1.165, 1.54) is 0 Å². The van der Waals surface area contributed by atoms with Crippen LogP contribution in [0, 0.1) is 5.92 Å². The SMILES string of the molecule is CCCCOC(=O)C(O)C(CO)CO. The normalized spacial score (nSPS) is 12.9. The van der Waals surface area contributed by atoms with Gasteiger partial charge in [-0.15, -0.1) is 0 Å². The number of rotatable bonds is 7. The van der Waals surface area contributed by atoms with Gasteiger partial charge in [-0.3, -0.25) is 0 Å². The Bertz CT molecular complexity index is 155. The van der Waals surface area contributed by atoms with E-state index >= 15 is 0 Å². The largest absolute Gasteiger partial charge is 0.464 e. The molecule has 0 aliphatic carbocycles. The van der Waals surface area contributed by atoms with Gasteiger partial charge in [0.25, 0.3) is 0 Å². The number of carbonyl (C=O) groups excluding carboxylic acids is 1. The van der Waals surface area contributed by atoms with Gasteiger partial charge in [0.05, 0.1) is 19.8 Å². The molecule has 0 aliphatic rings. The van der Waals surface area contributed by atoms with E-state index in [9.17, 15) is 9.90 Å². The third-order valence-corrected chi connectivity index (χ3v) is 1.90. The summed E-state index contributed by atoms with van der Waals surface area (Å²) in [6, 6.07) is 0. The van der Waals surface area contributed by atoms with Crippen molar-refractivity contribution in [1.82, 2.24) is 0 Å². The highest BCUT2D eigenvalue weighted by Crippen LogP contribution is 2.04. The van der Waals surface area contributed by atoms with E-state index in [4.69, 9.17) is 14.9 Å². The number of carbonyl (C=O) groups is 1. The summed E-state index contributed by atoms with van der Waals surface area (Å²) in [5.41, 5.74) is 0. The molecule has 0 aromatic rings. The Morgan fingerprint density at radius 3 is 2.36 bits per heavy atom. The van der Waals surface area contributed by atoms with Crippen molar-refractivity contribution in [3.63, 3.8) is 0 Å². The zero-order chi connectivity index (χ0) is 11.0. The van der Waals surface area contributed by atoms with Crippen LogP contribution in [0.15, 0.2) is 0 Å². The molecule has 0 fully saturated rings. The Balaban J connectivity index is 3.84. The molecule has 0 rings (SSSR count). The Hall–Kier alpha value is -0.650. The van der Waals surface area contributed by atoms with Crippen LogP contribution < -0.4 is 0 Å². The number of aliphatic hydroxyl groups excluding tert-OH is 3. The maximum absolute atomic E-state index is 11.1. The number of unbranched alkanes of at least 4 members (excludes halogenated alkanes) is 1. The number of ether oxygens (including phenoxy) is 1. The predicted octanol–water partition coefficient (Wildman–Crippen LogP) is -0.709. The van der Waals surface area contributed by atoms with E-state index in [-0.39, 0.29) is 6.61 Å². The fourth-order valence-corrected chi connectivity index (χ4v) is 0.852. The first-order valence-electron chi connectivity index (χ1n) is 4.73. The molecule has 0 saturated carbocycles. The Morgan fingerprint density at radius 2 is 1.93 bits per heavy atom. The predicted molar refractivity (Wildman–Crippen MR) is 49.5 cm³/mol. The molecule has 0 aliphatic heterocycles. The lowest BCUT2D eigenvalue weighted by Crippen LogP contribution is -2.35. The summed E-state index contributed by atoms with van der Waals surface area (Å²) in [7, 11) is 0. The molecule has 1 atom stereocenters. The van der Waals surface area contributed by atoms with E-state index in [0.29, 0.717) is 0 Å². The van der Waals surface area contributed by atoms with Gasteiger partial charge in [-0.2, -0.15) is 0 Å². The van der Waals surface area contributed by atoms with Gasteiger partial charge in [0, 0.05) is 5.92 Å². The van der Waals surface area contributed by atoms with Crippen molar-refractivity contribution in [2.45, 2.75) is 25.9 Å². The van der Waals surface area contributed by atoms with Gasteiger partial charge in [-0.1, -0.05) is 13.3 Å². The Labute approximate surface area is 83.3 Å². The van der Waals surface area contributed by atoms with Gasteiger partial charge in [0.1, 0.15) is 0 Å². The molecule has 0 saturated heterocycles. The average molecular weight is 206 g/mol. The van der Waals surface area contributed by atoms with E-state index in [2.05, 4.69) is 0 Å². The highest BCUT2D eigenvalue weighted by atomic mass is 16.5. The lowest BCUT2D eigenvalue weighted by atomic mass is 10.1. The first-order chi connectivity index (χ1) is 6.67. The molecular formula is C9H18O5. The number of hydrogen-bond donors (Lipinski definition) is 3. The third kappa shape index (κ3) is 4.55. The van der Waals surface area contributed by atoms with Crippen molar-refractivity contribution in [3.8, 4) is 0 Å². The fourth-order valence-electron chi connectivity index (χ4n) is 0.852. The first-order valence-corrected chi connectivity index (χ1v) is 4.73. The summed E-state index contributed by atoms with van der Waals surface area (Å²) < 4.78 is 4.72. The standard InChI is InChI=1S/C9H18O5/c1-2-3-4-14-9(13)8(12)7(5-10)6-11/h7-8,10-12H,2-6H2,1H3. The lowest BCUT2D eigenvalue weighted by molar-refractivity contribution is -0.158. The molecule has 0 radical (unpaired) electrons. The molecule has 3 N–H and O–H groups in total. The van der Waals surface area contributed by atoms with Crippen molar-refractivity contribution < 1.29 is 24.9 Å². The van der Waals surface area contributed by atoms with Crippen LogP contribution in [0.2, 0.25) is 0 Å². The summed E-state index contributed by atoms with van der Waals surface area (Å²) >= 11 is 0. The molecule has 0 amide bonds. The Kier molecular flexibility index (Phi) is 7.37. The lowest BCUT2D eigenvalue weighted by Gasteiger charge is -2.16. The van der Waals surface area contributed by atoms with Gasteiger partial charge >= 0.3 is 5.97 Å². The highest BCUT2D eigenvalue weighted by Gasteiger charge is 2.26. The van der Waals surface area contributed by atoms with Crippen LogP contribution in [0.4, 0.5) is 0 Å². The smallest absolute Gasteiger partial charge is 0.335 e. The minimum atomic E-state index is -1.44. The van der Waals surface area contributed by atoms with Gasteiger partial charge in [0.15, 0.2) is 6.10 Å². The second kappa shape index (κ2) is 7.73. The minimum absolute atomic E-state index is 0.260. The molecule has 84 valence electrons. The van der Waals surface area contributed by atoms with Gasteiger partial charge in [-0.25, -0.2) is 4.79 Å². The zero-order valence-corrected chi connectivity index (χ0v) is 8.35. The van der Waals surface area contributed by atoms with Crippen molar-refractivity contribution >= 4 is 5.97 Å². The second-order valence-corrected chi connectivity index (χ2v) is 3.09. The maximum atomic E-state index is 11.1. The maximum Gasteiger partial charge on any atom is 0.335 e. The van der Waals surface area contributed by atoms with Crippen molar-refractivity contribution in [2.75, 3.05) is 19.8 Å². The number of aliphatic hydroxyl groups is 3. The monoisotopic (exact) mass is 206 g/mol. The molecule has 0 spiro atoms. The van der Waals surface area contributed by atoms with Gasteiger partial charge in [0.2, 0.25) is 0 Å². The van der Waals surface area contributed by atoms with Crippen LogP contribution in [0.5, 0.6) is 0 Å². The Morgan fingerprint density at radius 1 is 1.36 bits per heavy atom. The van der Waals surface area contributed by atoms with Crippen LogP contribution in [-0.2, 0) is 9.53 Å². The van der Waals surface area contributed by atoms with Crippen LogP contribution in [-0.4, -0.2) is 47.2 Å². The molecule has 0 aromatic carbocycles. The highest BCUT2D eigenvalue weighted by molar-refractivity contribution is 5.74. The molecule has 14 heavy (non-hydrogen) atoms. The minimum Gasteiger partial charge on any atom is -0.464 e.